The van der Waals surface area contributed by atoms with Gasteiger partial charge in [0.2, 0.25) is 0 Å². The van der Waals surface area contributed by atoms with Gasteiger partial charge in [0.1, 0.15) is 0 Å². The average Bonchev–Trinajstić information content (AvgIpc) is 1.72. The molecular formula is C5H15BNNa. The quantitative estimate of drug-likeness (QED) is 0.404. The molecule has 0 atom stereocenters. The van der Waals surface area contributed by atoms with Crippen LogP contribution in [-0.2, 0) is 0 Å². The van der Waals surface area contributed by atoms with Crippen molar-refractivity contribution in [3.8, 4) is 0 Å². The fourth-order valence-corrected chi connectivity index (χ4v) is 0.802. The maximum absolute atomic E-state index is 3.28. The summed E-state index contributed by atoms with van der Waals surface area (Å²) >= 11 is 0. The van der Waals surface area contributed by atoms with Crippen molar-refractivity contribution in [2.75, 3.05) is 13.1 Å². The Morgan fingerprint density at radius 3 is 1.50 bits per heavy atom. The summed E-state index contributed by atoms with van der Waals surface area (Å²) in [6.45, 7) is 2.50. The Morgan fingerprint density at radius 1 is 0.875 bits per heavy atom. The van der Waals surface area contributed by atoms with E-state index in [9.17, 15) is 0 Å². The fourth-order valence-electron chi connectivity index (χ4n) is 0.802. The van der Waals surface area contributed by atoms with Gasteiger partial charge in [-0.3, -0.25) is 0 Å². The summed E-state index contributed by atoms with van der Waals surface area (Å²) in [7, 11) is 0. The fraction of sp³-hybridized carbons (Fsp3) is 1.00. The van der Waals surface area contributed by atoms with Gasteiger partial charge in [-0.25, -0.2) is 0 Å². The van der Waals surface area contributed by atoms with Crippen molar-refractivity contribution in [1.29, 1.82) is 0 Å². The van der Waals surface area contributed by atoms with Crippen LogP contribution in [0.5, 0.6) is 0 Å². The molecule has 0 saturated carbocycles. The van der Waals surface area contributed by atoms with E-state index in [1.165, 1.54) is 32.4 Å². The molecule has 1 fully saturated rings. The van der Waals surface area contributed by atoms with E-state index < -0.39 is 0 Å². The Balaban J connectivity index is 0. The van der Waals surface area contributed by atoms with Crippen LogP contribution in [0.2, 0.25) is 0 Å². The standard InChI is InChI=1S/C5H11N.BH3.Na.H/c1-2-4-6-5-3-1;;;/h6H,1-5H2;1H3;;. The molecule has 8 heavy (non-hydrogen) atoms. The normalized spacial score (nSPS) is 18.0. The molecule has 0 bridgehead atoms. The van der Waals surface area contributed by atoms with E-state index >= 15 is 0 Å². The van der Waals surface area contributed by atoms with E-state index in [4.69, 9.17) is 0 Å². The van der Waals surface area contributed by atoms with Crippen molar-refractivity contribution in [3.63, 3.8) is 0 Å². The summed E-state index contributed by atoms with van der Waals surface area (Å²) in [6, 6.07) is 0. The van der Waals surface area contributed by atoms with Gasteiger partial charge in [0.15, 0.2) is 0 Å². The molecule has 1 rings (SSSR count). The number of hydrogen-bond acceptors (Lipinski definition) is 1. The summed E-state index contributed by atoms with van der Waals surface area (Å²) in [5.74, 6) is 0. The molecule has 1 aliphatic heterocycles. The molecule has 0 aliphatic carbocycles. The molecule has 3 heteroatoms. The Morgan fingerprint density at radius 2 is 1.38 bits per heavy atom. The Labute approximate surface area is 75.5 Å². The molecule has 0 amide bonds. The third kappa shape index (κ3) is 5.17. The SMILES string of the molecule is B.C1CCNCC1.[NaH]. The molecular weight excluding hydrogens is 108 g/mol. The van der Waals surface area contributed by atoms with Gasteiger partial charge in [-0.1, -0.05) is 6.42 Å². The van der Waals surface area contributed by atoms with Crippen molar-refractivity contribution in [2.45, 2.75) is 19.3 Å². The van der Waals surface area contributed by atoms with Gasteiger partial charge in [0, 0.05) is 0 Å². The Hall–Kier alpha value is 1.02. The first-order chi connectivity index (χ1) is 3.00. The Bertz CT molecular complexity index is 27.9. The van der Waals surface area contributed by atoms with Gasteiger partial charge in [0.25, 0.3) is 0 Å². The molecule has 1 N–H and O–H groups in total. The molecule has 0 aromatic carbocycles. The zero-order valence-corrected chi connectivity index (χ0v) is 4.04. The van der Waals surface area contributed by atoms with E-state index in [0.29, 0.717) is 0 Å². The summed E-state index contributed by atoms with van der Waals surface area (Å²) in [5.41, 5.74) is 0. The van der Waals surface area contributed by atoms with E-state index in [1.807, 2.05) is 0 Å². The van der Waals surface area contributed by atoms with Gasteiger partial charge in [-0.2, -0.15) is 0 Å². The monoisotopic (exact) mass is 123 g/mol. The first-order valence-electron chi connectivity index (χ1n) is 2.71. The van der Waals surface area contributed by atoms with Gasteiger partial charge in [-0.15, -0.1) is 0 Å². The second kappa shape index (κ2) is 8.02. The van der Waals surface area contributed by atoms with Gasteiger partial charge in [-0.05, 0) is 25.9 Å². The van der Waals surface area contributed by atoms with Crippen LogP contribution in [0.4, 0.5) is 0 Å². The van der Waals surface area contributed by atoms with Gasteiger partial charge >= 0.3 is 29.6 Å². The van der Waals surface area contributed by atoms with Crippen LogP contribution in [-0.4, -0.2) is 51.1 Å². The van der Waals surface area contributed by atoms with Crippen LogP contribution in [0.1, 0.15) is 19.3 Å². The van der Waals surface area contributed by atoms with E-state index in [-0.39, 0.29) is 38.0 Å². The zero-order chi connectivity index (χ0) is 4.24. The molecule has 1 saturated heterocycles. The first kappa shape index (κ1) is 11.8. The van der Waals surface area contributed by atoms with E-state index in [2.05, 4.69) is 5.32 Å². The molecule has 0 spiro atoms. The maximum atomic E-state index is 3.28. The molecule has 0 aromatic rings. The van der Waals surface area contributed by atoms with Gasteiger partial charge in [0.05, 0.1) is 8.41 Å². The van der Waals surface area contributed by atoms with E-state index in [1.54, 1.807) is 0 Å². The molecule has 1 heterocycles. The summed E-state index contributed by atoms with van der Waals surface area (Å²) in [5, 5.41) is 3.28. The predicted octanol–water partition coefficient (Wildman–Crippen LogP) is -1.07. The predicted molar refractivity (Wildman–Crippen MR) is 43.8 cm³/mol. The molecule has 0 radical (unpaired) electrons. The van der Waals surface area contributed by atoms with Crippen molar-refractivity contribution in [3.05, 3.63) is 0 Å². The number of piperidine rings is 1. The zero-order valence-electron chi connectivity index (χ0n) is 4.04. The third-order valence-corrected chi connectivity index (χ3v) is 1.21. The molecule has 44 valence electrons. The third-order valence-electron chi connectivity index (χ3n) is 1.21. The molecule has 1 nitrogen and oxygen atoms in total. The van der Waals surface area contributed by atoms with Crippen LogP contribution in [0.3, 0.4) is 0 Å². The van der Waals surface area contributed by atoms with Crippen LogP contribution in [0.15, 0.2) is 0 Å². The molecule has 0 aromatic heterocycles. The summed E-state index contributed by atoms with van der Waals surface area (Å²) in [4.78, 5) is 0. The van der Waals surface area contributed by atoms with Crippen molar-refractivity contribution in [1.82, 2.24) is 5.32 Å². The van der Waals surface area contributed by atoms with E-state index in [0.717, 1.165) is 0 Å². The second-order valence-corrected chi connectivity index (χ2v) is 1.81. The number of rotatable bonds is 0. The second-order valence-electron chi connectivity index (χ2n) is 1.81. The molecule has 0 unspecified atom stereocenters. The van der Waals surface area contributed by atoms with Crippen molar-refractivity contribution in [2.24, 2.45) is 0 Å². The minimum absolute atomic E-state index is 0. The Kier molecular flexibility index (Phi) is 11.8. The van der Waals surface area contributed by atoms with Crippen LogP contribution in [0, 0.1) is 0 Å². The van der Waals surface area contributed by atoms with Gasteiger partial charge < -0.3 is 5.32 Å². The van der Waals surface area contributed by atoms with Crippen molar-refractivity contribution < 1.29 is 0 Å². The summed E-state index contributed by atoms with van der Waals surface area (Å²) < 4.78 is 0. The average molecular weight is 123 g/mol. The first-order valence-corrected chi connectivity index (χ1v) is 2.71. The topological polar surface area (TPSA) is 12.0 Å². The minimum atomic E-state index is 0. The number of nitrogens with one attached hydrogen (secondary N) is 1. The van der Waals surface area contributed by atoms with Crippen LogP contribution < -0.4 is 5.32 Å². The van der Waals surface area contributed by atoms with Crippen LogP contribution in [0.25, 0.3) is 0 Å². The number of hydrogen-bond donors (Lipinski definition) is 1. The molecule has 1 aliphatic rings. The van der Waals surface area contributed by atoms with Crippen molar-refractivity contribution >= 4 is 38.0 Å². The van der Waals surface area contributed by atoms with Crippen LogP contribution >= 0.6 is 0 Å². The summed E-state index contributed by atoms with van der Waals surface area (Å²) in [6.07, 6.45) is 4.22.